The molecule has 0 aromatic heterocycles. The second-order valence-corrected chi connectivity index (χ2v) is 8.22. The van der Waals surface area contributed by atoms with Crippen LogP contribution in [0, 0.1) is 27.7 Å². The van der Waals surface area contributed by atoms with E-state index < -0.39 is 0 Å². The van der Waals surface area contributed by atoms with Gasteiger partial charge in [-0.05, 0) is 76.0 Å². The van der Waals surface area contributed by atoms with Crippen molar-refractivity contribution in [3.63, 3.8) is 0 Å². The van der Waals surface area contributed by atoms with Crippen LogP contribution in [0.25, 0.3) is 0 Å². The summed E-state index contributed by atoms with van der Waals surface area (Å²) in [6.07, 6.45) is 0. The smallest absolute Gasteiger partial charge is 0.186 e. The Morgan fingerprint density at radius 1 is 0.857 bits per heavy atom. The molecule has 0 aliphatic carbocycles. The van der Waals surface area contributed by atoms with E-state index >= 15 is 0 Å². The summed E-state index contributed by atoms with van der Waals surface area (Å²) in [6, 6.07) is 20.3. The molecule has 3 aromatic rings. The fourth-order valence-electron chi connectivity index (χ4n) is 3.33. The summed E-state index contributed by atoms with van der Waals surface area (Å²) in [4.78, 5) is 12.9. The molecule has 1 atom stereocenters. The zero-order valence-electron chi connectivity index (χ0n) is 17.3. The molecule has 3 rings (SSSR count). The van der Waals surface area contributed by atoms with E-state index in [2.05, 4.69) is 19.1 Å². The van der Waals surface area contributed by atoms with Crippen molar-refractivity contribution in [3.8, 4) is 5.75 Å². The molecule has 1 radical (unpaired) electrons. The van der Waals surface area contributed by atoms with Gasteiger partial charge in [0.25, 0.3) is 0 Å². The largest absolute Gasteiger partial charge is 0.489 e. The van der Waals surface area contributed by atoms with E-state index in [0.29, 0.717) is 6.61 Å². The molecule has 28 heavy (non-hydrogen) atoms. The fourth-order valence-corrected chi connectivity index (χ4v) is 4.53. The number of rotatable bonds is 6. The van der Waals surface area contributed by atoms with Gasteiger partial charge in [-0.25, -0.2) is 0 Å². The van der Waals surface area contributed by atoms with Gasteiger partial charge < -0.3 is 4.74 Å². The summed E-state index contributed by atoms with van der Waals surface area (Å²) in [7, 11) is 0.121. The minimum Gasteiger partial charge on any atom is -0.489 e. The topological polar surface area (TPSA) is 26.3 Å². The van der Waals surface area contributed by atoms with Crippen LogP contribution in [0.3, 0.4) is 0 Å². The van der Waals surface area contributed by atoms with E-state index in [9.17, 15) is 4.79 Å². The maximum absolute atomic E-state index is 12.9. The molecule has 0 bridgehead atoms. The van der Waals surface area contributed by atoms with Gasteiger partial charge in [0.1, 0.15) is 12.4 Å². The van der Waals surface area contributed by atoms with Crippen molar-refractivity contribution >= 4 is 38.3 Å². The fraction of sp³-hybridized carbons (Fsp3) is 0.208. The van der Waals surface area contributed by atoms with Crippen LogP contribution in [0.5, 0.6) is 5.75 Å². The van der Waals surface area contributed by atoms with E-state index in [1.165, 1.54) is 5.56 Å². The van der Waals surface area contributed by atoms with E-state index in [1.807, 2.05) is 69.3 Å². The number of carbonyl (C=O) groups excluding carboxylic acids is 1. The van der Waals surface area contributed by atoms with Crippen molar-refractivity contribution in [1.29, 1.82) is 0 Å². The Balaban J connectivity index is 0.00000280. The molecule has 3 aromatic carbocycles. The van der Waals surface area contributed by atoms with Gasteiger partial charge in [-0.3, -0.25) is 4.79 Å². The summed E-state index contributed by atoms with van der Waals surface area (Å²) in [5, 5.41) is 1.08. The summed E-state index contributed by atoms with van der Waals surface area (Å²) in [6.45, 7) is 8.69. The maximum atomic E-state index is 12.9. The van der Waals surface area contributed by atoms with Gasteiger partial charge in [0.15, 0.2) is 5.52 Å². The Morgan fingerprint density at radius 2 is 1.50 bits per heavy atom. The van der Waals surface area contributed by atoms with Gasteiger partial charge in [-0.1, -0.05) is 54.1 Å². The average Bonchev–Trinajstić information content (AvgIpc) is 2.62. The second-order valence-electron chi connectivity index (χ2n) is 6.98. The van der Waals surface area contributed by atoms with E-state index in [-0.39, 0.29) is 33.0 Å². The molecule has 0 saturated carbocycles. The molecule has 0 aliphatic rings. The van der Waals surface area contributed by atoms with Crippen LogP contribution < -0.4 is 10.0 Å². The molecule has 0 fully saturated rings. The van der Waals surface area contributed by atoms with Crippen molar-refractivity contribution in [2.75, 3.05) is 0 Å². The molecule has 2 nitrogen and oxygen atoms in total. The van der Waals surface area contributed by atoms with Crippen LogP contribution in [-0.2, 0) is 6.61 Å². The van der Waals surface area contributed by atoms with Gasteiger partial charge in [0.2, 0.25) is 0 Å². The molecule has 0 saturated heterocycles. The van der Waals surface area contributed by atoms with Crippen molar-refractivity contribution in [2.24, 2.45) is 0 Å². The molecule has 0 N–H and O–H groups in total. The minimum absolute atomic E-state index is 0. The quantitative estimate of drug-likeness (QED) is 0.429. The molecule has 0 amide bonds. The summed E-state index contributed by atoms with van der Waals surface area (Å²) < 4.78 is 5.89. The first kappa shape index (κ1) is 22.4. The van der Waals surface area contributed by atoms with Crippen LogP contribution in [-0.4, -0.2) is 24.4 Å². The molecular weight excluding hydrogens is 358 g/mol. The van der Waals surface area contributed by atoms with Crippen LogP contribution in [0.2, 0.25) is 0 Å². The van der Waals surface area contributed by atoms with Gasteiger partial charge in [-0.2, -0.15) is 0 Å². The Morgan fingerprint density at radius 3 is 2.11 bits per heavy atom. The summed E-state index contributed by atoms with van der Waals surface area (Å²) in [5.74, 6) is 0.833. The van der Waals surface area contributed by atoms with Crippen LogP contribution in [0.1, 0.15) is 38.2 Å². The van der Waals surface area contributed by atoms with Crippen LogP contribution in [0.4, 0.5) is 0 Å². The zero-order valence-corrected chi connectivity index (χ0v) is 18.3. The molecule has 0 heterocycles. The zero-order chi connectivity index (χ0) is 19.4. The molecule has 4 heteroatoms. The van der Waals surface area contributed by atoms with E-state index in [0.717, 1.165) is 38.9 Å². The summed E-state index contributed by atoms with van der Waals surface area (Å²) in [5.41, 5.74) is 6.61. The van der Waals surface area contributed by atoms with Crippen molar-refractivity contribution in [1.82, 2.24) is 0 Å². The third-order valence-corrected chi connectivity index (χ3v) is 5.91. The maximum Gasteiger partial charge on any atom is 0.186 e. The Kier molecular flexibility index (Phi) is 8.08. The minimum atomic E-state index is 0. The second kappa shape index (κ2) is 10.1. The first-order chi connectivity index (χ1) is 12.9. The van der Waals surface area contributed by atoms with Crippen molar-refractivity contribution in [3.05, 3.63) is 94.0 Å². The predicted octanol–water partition coefficient (Wildman–Crippen LogP) is 5.26. The van der Waals surface area contributed by atoms with Crippen molar-refractivity contribution in [2.45, 2.75) is 34.3 Å². The number of ether oxygens (including phenoxy) is 1. The molecule has 1 unspecified atom stereocenters. The third kappa shape index (κ3) is 5.59. The number of carbonyl (C=O) groups is 1. The van der Waals surface area contributed by atoms with Crippen LogP contribution >= 0.6 is 8.58 Å². The Bertz CT molecular complexity index is 945. The number of aryl methyl sites for hydroxylation is 4. The number of hydrogen-bond acceptors (Lipinski definition) is 2. The normalized spacial score (nSPS) is 10.7. The van der Waals surface area contributed by atoms with Gasteiger partial charge >= 0.3 is 0 Å². The van der Waals surface area contributed by atoms with Gasteiger partial charge in [0, 0.05) is 24.4 Å². The van der Waals surface area contributed by atoms with Crippen molar-refractivity contribution < 1.29 is 9.53 Å². The first-order valence-corrected chi connectivity index (χ1v) is 10.1. The van der Waals surface area contributed by atoms with Gasteiger partial charge in [-0.15, -0.1) is 0 Å². The number of hydrogen-bond donors (Lipinski definition) is 0. The standard InChI is InChI=1S/C24H25O2P.Li/c1-16-12-18(3)23(19(4)13-16)24(25)27-22-11-10-21(14-17(22)2)26-15-20-8-6-5-7-9-20;/h5-14,27H,15H2,1-4H3;. The molecule has 0 spiro atoms. The van der Waals surface area contributed by atoms with E-state index in [1.54, 1.807) is 0 Å². The molecule has 0 aliphatic heterocycles. The number of benzene rings is 3. The summed E-state index contributed by atoms with van der Waals surface area (Å²) >= 11 is 0. The predicted molar refractivity (Wildman–Crippen MR) is 121 cm³/mol. The monoisotopic (exact) mass is 383 g/mol. The third-order valence-electron chi connectivity index (χ3n) is 4.60. The van der Waals surface area contributed by atoms with E-state index in [4.69, 9.17) is 4.74 Å². The average molecular weight is 383 g/mol. The SMILES string of the molecule is Cc1cc(C)c(C(=O)Pc2ccc(OCc3ccccc3)cc2C)c(C)c1.[Li]. The molecule has 139 valence electrons. The molecular formula is C24H25LiO2P. The first-order valence-electron chi connectivity index (χ1n) is 9.10. The Labute approximate surface area is 181 Å². The Hall–Kier alpha value is -1.84. The van der Waals surface area contributed by atoms with Crippen LogP contribution in [0.15, 0.2) is 60.7 Å². The van der Waals surface area contributed by atoms with Gasteiger partial charge in [0.05, 0.1) is 0 Å².